The number of hydrogen-bond donors (Lipinski definition) is 1. The van der Waals surface area contributed by atoms with Gasteiger partial charge in [-0.15, -0.1) is 11.8 Å². The van der Waals surface area contributed by atoms with Crippen LogP contribution in [-0.2, 0) is 31.6 Å². The Morgan fingerprint density at radius 2 is 1.20 bits per heavy atom. The lowest BCUT2D eigenvalue weighted by Crippen LogP contribution is -2.68. The molecule has 266 valence electrons. The van der Waals surface area contributed by atoms with E-state index in [1.165, 1.54) is 55.7 Å². The molecule has 0 aliphatic carbocycles. The Hall–Kier alpha value is -3.65. The van der Waals surface area contributed by atoms with Crippen molar-refractivity contribution in [2.45, 2.75) is 95.0 Å². The maximum absolute atomic E-state index is 14.0. The summed E-state index contributed by atoms with van der Waals surface area (Å²) in [5.74, 6) is -0.971. The fourth-order valence-corrected chi connectivity index (χ4v) is 12.9. The molecule has 4 aromatic rings. The van der Waals surface area contributed by atoms with Gasteiger partial charge < -0.3 is 14.3 Å². The number of carbonyl (C=O) groups excluding carboxylic acids is 1. The van der Waals surface area contributed by atoms with Gasteiger partial charge in [-0.2, -0.15) is 0 Å². The standard InChI is InChI=1S/C43H54O5SSi/c1-43(2,3)50(36-27-16-10-17-28-36,37-29-18-11-19-30-37)48-40(42(46)47-4)41(49-33-32-39(44)45)38-31-21-20-26-35(38)25-15-8-6-5-7-12-22-34-23-13-9-14-24-34/h9-11,13-14,16-21,23-24,26-31,40-41H,5-8,12,15,22,25,32-33H2,1-4H3,(H,44,45). The number of hydrogen-bond acceptors (Lipinski definition) is 5. The Morgan fingerprint density at radius 3 is 1.74 bits per heavy atom. The zero-order valence-electron chi connectivity index (χ0n) is 30.2. The largest absolute Gasteiger partial charge is 0.481 e. The maximum atomic E-state index is 14.0. The van der Waals surface area contributed by atoms with Crippen LogP contribution in [0.3, 0.4) is 0 Å². The quantitative estimate of drug-likeness (QED) is 0.0561. The van der Waals surface area contributed by atoms with E-state index in [-0.39, 0.29) is 11.5 Å². The number of carboxylic acids is 1. The molecule has 1 N–H and O–H groups in total. The lowest BCUT2D eigenvalue weighted by molar-refractivity contribution is -0.149. The topological polar surface area (TPSA) is 72.8 Å². The number of ether oxygens (including phenoxy) is 1. The normalized spacial score (nSPS) is 13.0. The number of benzene rings is 4. The second kappa shape index (κ2) is 19.7. The first-order valence-corrected chi connectivity index (χ1v) is 20.9. The van der Waals surface area contributed by atoms with Gasteiger partial charge in [0.2, 0.25) is 0 Å². The summed E-state index contributed by atoms with van der Waals surface area (Å²) in [6, 6.07) is 39.5. The molecular weight excluding hydrogens is 657 g/mol. The highest BCUT2D eigenvalue weighted by molar-refractivity contribution is 7.99. The fourth-order valence-electron chi connectivity index (χ4n) is 6.88. The molecule has 0 heterocycles. The van der Waals surface area contributed by atoms with Gasteiger partial charge in [0.05, 0.1) is 18.8 Å². The van der Waals surface area contributed by atoms with E-state index >= 15 is 0 Å². The molecule has 5 nitrogen and oxygen atoms in total. The molecule has 0 bridgehead atoms. The van der Waals surface area contributed by atoms with Crippen LogP contribution in [0.2, 0.25) is 5.04 Å². The third kappa shape index (κ3) is 10.7. The molecule has 0 saturated heterocycles. The van der Waals surface area contributed by atoms with Crippen LogP contribution >= 0.6 is 11.8 Å². The van der Waals surface area contributed by atoms with Crippen molar-refractivity contribution in [1.29, 1.82) is 0 Å². The highest BCUT2D eigenvalue weighted by Gasteiger charge is 2.54. The van der Waals surface area contributed by atoms with E-state index in [4.69, 9.17) is 9.16 Å². The zero-order valence-corrected chi connectivity index (χ0v) is 32.0. The lowest BCUT2D eigenvalue weighted by Gasteiger charge is -2.45. The summed E-state index contributed by atoms with van der Waals surface area (Å²) in [7, 11) is -1.75. The van der Waals surface area contributed by atoms with Crippen molar-refractivity contribution in [1.82, 2.24) is 0 Å². The number of aliphatic carboxylic acids is 1. The molecule has 2 unspecified atom stereocenters. The van der Waals surface area contributed by atoms with Crippen LogP contribution in [0.5, 0.6) is 0 Å². The fraction of sp³-hybridized carbons (Fsp3) is 0.395. The predicted octanol–water partition coefficient (Wildman–Crippen LogP) is 9.18. The molecule has 0 radical (unpaired) electrons. The van der Waals surface area contributed by atoms with Gasteiger partial charge in [-0.25, -0.2) is 4.79 Å². The van der Waals surface area contributed by atoms with Crippen molar-refractivity contribution in [3.8, 4) is 0 Å². The highest BCUT2D eigenvalue weighted by Crippen LogP contribution is 2.43. The van der Waals surface area contributed by atoms with Crippen molar-refractivity contribution in [2.75, 3.05) is 12.9 Å². The summed E-state index contributed by atoms with van der Waals surface area (Å²) in [4.78, 5) is 25.7. The van der Waals surface area contributed by atoms with E-state index in [0.29, 0.717) is 5.75 Å². The molecule has 0 saturated carbocycles. The van der Waals surface area contributed by atoms with E-state index in [0.717, 1.165) is 41.6 Å². The van der Waals surface area contributed by atoms with Gasteiger partial charge >= 0.3 is 11.9 Å². The number of carbonyl (C=O) groups is 2. The number of carboxylic acid groups (broad SMARTS) is 1. The Morgan fingerprint density at radius 1 is 0.700 bits per heavy atom. The summed E-state index contributed by atoms with van der Waals surface area (Å²) >= 11 is 1.48. The van der Waals surface area contributed by atoms with Crippen molar-refractivity contribution in [3.05, 3.63) is 132 Å². The van der Waals surface area contributed by atoms with Gasteiger partial charge in [0.25, 0.3) is 8.32 Å². The van der Waals surface area contributed by atoms with E-state index in [1.54, 1.807) is 0 Å². The Labute approximate surface area is 305 Å². The van der Waals surface area contributed by atoms with E-state index < -0.39 is 31.6 Å². The number of methoxy groups -OCH3 is 1. The van der Waals surface area contributed by atoms with E-state index in [1.807, 2.05) is 42.5 Å². The minimum atomic E-state index is -3.17. The lowest BCUT2D eigenvalue weighted by atomic mass is 9.96. The summed E-state index contributed by atoms with van der Waals surface area (Å²) in [6.07, 6.45) is 8.06. The molecule has 0 spiro atoms. The Bertz CT molecular complexity index is 1550. The van der Waals surface area contributed by atoms with Gasteiger partial charge in [-0.05, 0) is 57.8 Å². The van der Waals surface area contributed by atoms with Crippen LogP contribution in [0.15, 0.2) is 115 Å². The third-order valence-corrected chi connectivity index (χ3v) is 15.7. The van der Waals surface area contributed by atoms with E-state index in [2.05, 4.69) is 93.6 Å². The summed E-state index contributed by atoms with van der Waals surface area (Å²) < 4.78 is 13.0. The second-order valence-corrected chi connectivity index (χ2v) is 19.5. The molecule has 0 aliphatic heterocycles. The van der Waals surface area contributed by atoms with Gasteiger partial charge in [-0.1, -0.05) is 162 Å². The molecule has 4 aromatic carbocycles. The second-order valence-electron chi connectivity index (χ2n) is 14.0. The number of aryl methyl sites for hydroxylation is 2. The average molecular weight is 711 g/mol. The van der Waals surface area contributed by atoms with Crippen LogP contribution in [0.4, 0.5) is 0 Å². The summed E-state index contributed by atoms with van der Waals surface area (Å²) in [5, 5.41) is 10.9. The number of unbranched alkanes of at least 4 members (excludes halogenated alkanes) is 5. The average Bonchev–Trinajstić information content (AvgIpc) is 3.12. The Kier molecular flexibility index (Phi) is 15.4. The maximum Gasteiger partial charge on any atom is 0.335 e. The molecule has 0 aliphatic rings. The molecule has 0 aromatic heterocycles. The van der Waals surface area contributed by atoms with Gasteiger partial charge in [-0.3, -0.25) is 4.79 Å². The van der Waals surface area contributed by atoms with Gasteiger partial charge in [0, 0.05) is 5.75 Å². The molecule has 0 fully saturated rings. The van der Waals surface area contributed by atoms with Gasteiger partial charge in [0.1, 0.15) is 0 Å². The molecule has 0 amide bonds. The first kappa shape index (κ1) is 39.1. The molecule has 4 rings (SSSR count). The van der Waals surface area contributed by atoms with Gasteiger partial charge in [0.15, 0.2) is 6.10 Å². The first-order valence-electron chi connectivity index (χ1n) is 18.0. The third-order valence-electron chi connectivity index (χ3n) is 9.41. The zero-order chi connectivity index (χ0) is 35.8. The monoisotopic (exact) mass is 710 g/mol. The highest BCUT2D eigenvalue weighted by atomic mass is 32.2. The minimum absolute atomic E-state index is 0.0132. The van der Waals surface area contributed by atoms with E-state index in [9.17, 15) is 14.7 Å². The number of esters is 1. The minimum Gasteiger partial charge on any atom is -0.481 e. The molecule has 50 heavy (non-hydrogen) atoms. The van der Waals surface area contributed by atoms with Crippen LogP contribution < -0.4 is 10.4 Å². The van der Waals surface area contributed by atoms with Crippen LogP contribution in [-0.4, -0.2) is 44.3 Å². The SMILES string of the molecule is COC(=O)C(O[Si](c1ccccc1)(c1ccccc1)C(C)(C)C)C(SCCC(=O)O)c1ccccc1CCCCCCCCc1ccccc1. The number of thioether (sulfide) groups is 1. The molecular formula is C43H54O5SSi. The Balaban J connectivity index is 1.62. The molecule has 2 atom stereocenters. The molecule has 7 heteroatoms. The smallest absolute Gasteiger partial charge is 0.335 e. The van der Waals surface area contributed by atoms with Crippen molar-refractivity contribution < 1.29 is 23.9 Å². The van der Waals surface area contributed by atoms with Crippen LogP contribution in [0.25, 0.3) is 0 Å². The summed E-state index contributed by atoms with van der Waals surface area (Å²) in [6.45, 7) is 6.57. The van der Waals surface area contributed by atoms with Crippen molar-refractivity contribution >= 4 is 42.4 Å². The van der Waals surface area contributed by atoms with Crippen LogP contribution in [0, 0.1) is 0 Å². The summed E-state index contributed by atoms with van der Waals surface area (Å²) in [5.41, 5.74) is 3.59. The van der Waals surface area contributed by atoms with Crippen LogP contribution in [0.1, 0.15) is 87.7 Å². The first-order chi connectivity index (χ1) is 24.2. The number of rotatable bonds is 20. The van der Waals surface area contributed by atoms with Crippen molar-refractivity contribution in [2.24, 2.45) is 0 Å². The van der Waals surface area contributed by atoms with Crippen molar-refractivity contribution in [3.63, 3.8) is 0 Å². The predicted molar refractivity (Wildman–Crippen MR) is 210 cm³/mol.